The summed E-state index contributed by atoms with van der Waals surface area (Å²) in [6.07, 6.45) is 8.42. The van der Waals surface area contributed by atoms with Crippen molar-refractivity contribution in [3.8, 4) is 0 Å². The lowest BCUT2D eigenvalue weighted by molar-refractivity contribution is -0.0151. The molecular weight excluding hydrogens is 162 g/mol. The van der Waals surface area contributed by atoms with Crippen LogP contribution in [0.25, 0.3) is 0 Å². The molecule has 0 aromatic carbocycles. The van der Waals surface area contributed by atoms with E-state index in [4.69, 9.17) is 0 Å². The van der Waals surface area contributed by atoms with Gasteiger partial charge in [-0.15, -0.1) is 0 Å². The molecule has 2 aliphatic carbocycles. The molecule has 2 saturated carbocycles. The average Bonchev–Trinajstić information content (AvgIpc) is 2.76. The van der Waals surface area contributed by atoms with Gasteiger partial charge in [-0.05, 0) is 44.6 Å². The van der Waals surface area contributed by atoms with Crippen LogP contribution in [0.4, 0.5) is 0 Å². The number of piperidine rings is 1. The van der Waals surface area contributed by atoms with Gasteiger partial charge in [0.15, 0.2) is 0 Å². The SMILES string of the molecule is OC1(C23CC2CCCN3)CCCC1. The van der Waals surface area contributed by atoms with Crippen molar-refractivity contribution in [3.05, 3.63) is 0 Å². The molecule has 0 radical (unpaired) electrons. The second-order valence-electron chi connectivity index (χ2n) is 5.18. The summed E-state index contributed by atoms with van der Waals surface area (Å²) in [4.78, 5) is 0. The highest BCUT2D eigenvalue weighted by molar-refractivity contribution is 5.23. The Bertz CT molecular complexity index is 222. The molecule has 0 bridgehead atoms. The van der Waals surface area contributed by atoms with E-state index in [1.807, 2.05) is 0 Å². The van der Waals surface area contributed by atoms with Crippen molar-refractivity contribution < 1.29 is 5.11 Å². The van der Waals surface area contributed by atoms with Crippen LogP contribution in [-0.4, -0.2) is 22.8 Å². The monoisotopic (exact) mass is 181 g/mol. The van der Waals surface area contributed by atoms with E-state index >= 15 is 0 Å². The largest absolute Gasteiger partial charge is 0.388 e. The van der Waals surface area contributed by atoms with Gasteiger partial charge in [0.25, 0.3) is 0 Å². The minimum atomic E-state index is -0.335. The Kier molecular flexibility index (Phi) is 1.58. The van der Waals surface area contributed by atoms with E-state index in [0.29, 0.717) is 0 Å². The lowest BCUT2D eigenvalue weighted by atomic mass is 9.85. The highest BCUT2D eigenvalue weighted by Gasteiger charge is 2.66. The molecule has 0 aromatic heterocycles. The van der Waals surface area contributed by atoms with Crippen LogP contribution in [0.15, 0.2) is 0 Å². The fourth-order valence-electron chi connectivity index (χ4n) is 3.70. The minimum Gasteiger partial charge on any atom is -0.388 e. The molecule has 0 amide bonds. The molecule has 0 aromatic rings. The van der Waals surface area contributed by atoms with E-state index < -0.39 is 0 Å². The van der Waals surface area contributed by atoms with Crippen LogP contribution in [0.3, 0.4) is 0 Å². The third kappa shape index (κ3) is 0.962. The molecule has 2 heteroatoms. The quantitative estimate of drug-likeness (QED) is 0.641. The van der Waals surface area contributed by atoms with Gasteiger partial charge in [-0.1, -0.05) is 12.8 Å². The molecule has 3 fully saturated rings. The van der Waals surface area contributed by atoms with Gasteiger partial charge < -0.3 is 10.4 Å². The van der Waals surface area contributed by atoms with E-state index in [-0.39, 0.29) is 11.1 Å². The topological polar surface area (TPSA) is 32.3 Å². The van der Waals surface area contributed by atoms with Gasteiger partial charge in [-0.2, -0.15) is 0 Å². The van der Waals surface area contributed by atoms with Crippen molar-refractivity contribution in [2.24, 2.45) is 5.92 Å². The summed E-state index contributed by atoms with van der Waals surface area (Å²) in [5, 5.41) is 14.2. The van der Waals surface area contributed by atoms with Crippen LogP contribution in [0.5, 0.6) is 0 Å². The summed E-state index contributed by atoms with van der Waals surface area (Å²) in [5.74, 6) is 0.796. The number of rotatable bonds is 1. The number of aliphatic hydroxyl groups is 1. The van der Waals surface area contributed by atoms with Gasteiger partial charge >= 0.3 is 0 Å². The normalized spacial score (nSPS) is 47.3. The number of fused-ring (bicyclic) bond motifs is 1. The van der Waals surface area contributed by atoms with Crippen molar-refractivity contribution in [2.75, 3.05) is 6.54 Å². The molecule has 2 unspecified atom stereocenters. The van der Waals surface area contributed by atoms with Gasteiger partial charge in [-0.3, -0.25) is 0 Å². The first-order valence-corrected chi connectivity index (χ1v) is 5.74. The van der Waals surface area contributed by atoms with Crippen LogP contribution >= 0.6 is 0 Å². The first-order valence-electron chi connectivity index (χ1n) is 5.74. The molecule has 1 aliphatic heterocycles. The first kappa shape index (κ1) is 8.25. The lowest BCUT2D eigenvalue weighted by Gasteiger charge is -2.37. The smallest absolute Gasteiger partial charge is 0.0831 e. The van der Waals surface area contributed by atoms with Crippen molar-refractivity contribution in [3.63, 3.8) is 0 Å². The predicted molar refractivity (Wildman–Crippen MR) is 51.5 cm³/mol. The molecule has 13 heavy (non-hydrogen) atoms. The van der Waals surface area contributed by atoms with E-state index in [1.54, 1.807) is 0 Å². The van der Waals surface area contributed by atoms with Crippen molar-refractivity contribution >= 4 is 0 Å². The highest BCUT2D eigenvalue weighted by Crippen LogP contribution is 2.59. The fraction of sp³-hybridized carbons (Fsp3) is 1.00. The second-order valence-corrected chi connectivity index (χ2v) is 5.18. The molecule has 2 N–H and O–H groups in total. The first-order chi connectivity index (χ1) is 6.27. The summed E-state index contributed by atoms with van der Waals surface area (Å²) in [6, 6.07) is 0. The Hall–Kier alpha value is -0.0800. The molecule has 2 nitrogen and oxygen atoms in total. The maximum atomic E-state index is 10.6. The molecule has 0 spiro atoms. The minimum absolute atomic E-state index is 0.168. The number of nitrogens with one attached hydrogen (secondary N) is 1. The van der Waals surface area contributed by atoms with Gasteiger partial charge in [0, 0.05) is 0 Å². The molecule has 74 valence electrons. The second kappa shape index (κ2) is 2.48. The summed E-state index contributed by atoms with van der Waals surface area (Å²) >= 11 is 0. The van der Waals surface area contributed by atoms with Gasteiger partial charge in [0.1, 0.15) is 0 Å². The predicted octanol–water partition coefficient (Wildman–Crippen LogP) is 1.43. The Balaban J connectivity index is 1.83. The zero-order chi connectivity index (χ0) is 8.94. The third-order valence-electron chi connectivity index (χ3n) is 4.54. The highest BCUT2D eigenvalue weighted by atomic mass is 16.3. The van der Waals surface area contributed by atoms with Crippen LogP contribution < -0.4 is 5.32 Å². The molecule has 3 aliphatic rings. The zero-order valence-corrected chi connectivity index (χ0v) is 8.18. The summed E-state index contributed by atoms with van der Waals surface area (Å²) in [5.41, 5.74) is -0.167. The van der Waals surface area contributed by atoms with Gasteiger partial charge in [-0.25, -0.2) is 0 Å². The molecule has 3 rings (SSSR count). The van der Waals surface area contributed by atoms with Crippen LogP contribution in [0, 0.1) is 5.92 Å². The van der Waals surface area contributed by atoms with E-state index in [9.17, 15) is 5.11 Å². The maximum absolute atomic E-state index is 10.6. The van der Waals surface area contributed by atoms with Crippen LogP contribution in [0.2, 0.25) is 0 Å². The summed E-state index contributed by atoms with van der Waals surface area (Å²) in [7, 11) is 0. The summed E-state index contributed by atoms with van der Waals surface area (Å²) in [6.45, 7) is 1.12. The average molecular weight is 181 g/mol. The Morgan fingerprint density at radius 2 is 1.92 bits per heavy atom. The molecule has 2 atom stereocenters. The number of hydrogen-bond acceptors (Lipinski definition) is 2. The number of hydrogen-bond donors (Lipinski definition) is 2. The van der Waals surface area contributed by atoms with Gasteiger partial charge in [0.2, 0.25) is 0 Å². The Morgan fingerprint density at radius 1 is 1.15 bits per heavy atom. The van der Waals surface area contributed by atoms with Crippen molar-refractivity contribution in [2.45, 2.75) is 56.1 Å². The van der Waals surface area contributed by atoms with E-state index in [0.717, 1.165) is 25.3 Å². The zero-order valence-electron chi connectivity index (χ0n) is 8.18. The van der Waals surface area contributed by atoms with Gasteiger partial charge in [0.05, 0.1) is 11.1 Å². The third-order valence-corrected chi connectivity index (χ3v) is 4.54. The fourth-order valence-corrected chi connectivity index (χ4v) is 3.70. The van der Waals surface area contributed by atoms with Crippen LogP contribution in [-0.2, 0) is 0 Å². The summed E-state index contributed by atoms with van der Waals surface area (Å²) < 4.78 is 0. The van der Waals surface area contributed by atoms with Crippen molar-refractivity contribution in [1.82, 2.24) is 5.32 Å². The van der Waals surface area contributed by atoms with Crippen LogP contribution in [0.1, 0.15) is 44.9 Å². The van der Waals surface area contributed by atoms with Crippen molar-refractivity contribution in [1.29, 1.82) is 0 Å². The van der Waals surface area contributed by atoms with E-state index in [2.05, 4.69) is 5.32 Å². The Labute approximate surface area is 79.7 Å². The molecule has 1 heterocycles. The molecule has 1 saturated heterocycles. The molecular formula is C11H19NO. The standard InChI is InChI=1S/C11H19NO/c13-10(5-1-2-6-10)11-8-9(11)4-3-7-12-11/h9,12-13H,1-8H2. The lowest BCUT2D eigenvalue weighted by Crippen LogP contribution is -2.55. The maximum Gasteiger partial charge on any atom is 0.0831 e. The van der Waals surface area contributed by atoms with E-state index in [1.165, 1.54) is 32.1 Å². The Morgan fingerprint density at radius 3 is 2.62 bits per heavy atom.